The smallest absolute Gasteiger partial charge is 0.162 e. The van der Waals surface area contributed by atoms with Crippen LogP contribution in [0.3, 0.4) is 0 Å². The van der Waals surface area contributed by atoms with Crippen LogP contribution in [-0.2, 0) is 6.54 Å². The number of benzene rings is 3. The molecular weight excluding hydrogens is 330 g/mol. The first-order valence-electron chi connectivity index (χ1n) is 8.00. The van der Waals surface area contributed by atoms with Gasteiger partial charge in [-0.25, -0.2) is 9.97 Å². The third-order valence-corrected chi connectivity index (χ3v) is 3.94. The molecule has 124 valence electrons. The Balaban J connectivity index is 0.00000182. The predicted octanol–water partition coefficient (Wildman–Crippen LogP) is 5.33. The minimum Gasteiger partial charge on any atom is -0.365 e. The summed E-state index contributed by atoms with van der Waals surface area (Å²) in [6, 6.07) is 28.5. The van der Waals surface area contributed by atoms with Crippen LogP contribution in [0.1, 0.15) is 5.56 Å². The van der Waals surface area contributed by atoms with E-state index in [9.17, 15) is 0 Å². The van der Waals surface area contributed by atoms with E-state index < -0.39 is 0 Å². The number of aromatic nitrogens is 2. The molecule has 3 aromatic carbocycles. The normalized spacial score (nSPS) is 10.2. The number of halogens is 1. The molecule has 0 unspecified atom stereocenters. The predicted molar refractivity (Wildman–Crippen MR) is 106 cm³/mol. The molecule has 0 aliphatic carbocycles. The van der Waals surface area contributed by atoms with E-state index in [0.29, 0.717) is 0 Å². The molecule has 1 heterocycles. The fraction of sp³-hybridized carbons (Fsp3) is 0.0476. The van der Waals surface area contributed by atoms with Crippen molar-refractivity contribution in [1.82, 2.24) is 9.97 Å². The van der Waals surface area contributed by atoms with Crippen molar-refractivity contribution in [1.29, 1.82) is 0 Å². The van der Waals surface area contributed by atoms with Crippen LogP contribution in [0.4, 0.5) is 5.82 Å². The first-order valence-corrected chi connectivity index (χ1v) is 8.00. The number of nitrogens with zero attached hydrogens (tertiary/aromatic N) is 2. The number of fused-ring (bicyclic) bond motifs is 1. The summed E-state index contributed by atoms with van der Waals surface area (Å²) in [4.78, 5) is 9.47. The Labute approximate surface area is 153 Å². The average molecular weight is 348 g/mol. The van der Waals surface area contributed by atoms with Gasteiger partial charge in [0.05, 0.1) is 5.52 Å². The Kier molecular flexibility index (Phi) is 5.26. The Hall–Kier alpha value is -2.91. The van der Waals surface area contributed by atoms with E-state index in [0.717, 1.165) is 34.7 Å². The third-order valence-electron chi connectivity index (χ3n) is 3.94. The summed E-state index contributed by atoms with van der Waals surface area (Å²) in [6.07, 6.45) is 0. The molecule has 0 fully saturated rings. The third kappa shape index (κ3) is 3.78. The average Bonchev–Trinajstić information content (AvgIpc) is 2.67. The second-order valence-corrected chi connectivity index (χ2v) is 5.62. The van der Waals surface area contributed by atoms with Gasteiger partial charge in [-0.3, -0.25) is 0 Å². The Bertz CT molecular complexity index is 956. The summed E-state index contributed by atoms with van der Waals surface area (Å²) >= 11 is 0. The number of para-hydroxylation sites is 1. The van der Waals surface area contributed by atoms with Crippen LogP contribution in [0, 0.1) is 0 Å². The van der Waals surface area contributed by atoms with Crippen LogP contribution < -0.4 is 5.32 Å². The summed E-state index contributed by atoms with van der Waals surface area (Å²) in [7, 11) is 0. The number of hydrogen-bond acceptors (Lipinski definition) is 3. The summed E-state index contributed by atoms with van der Waals surface area (Å²) in [5, 5.41) is 4.50. The van der Waals surface area contributed by atoms with Gasteiger partial charge in [0.1, 0.15) is 5.82 Å². The SMILES string of the molecule is Cl.c1ccc(CNc2nc(-c3ccccc3)nc3ccccc23)cc1. The molecule has 4 aromatic rings. The number of rotatable bonds is 4. The van der Waals surface area contributed by atoms with Crippen LogP contribution in [0.25, 0.3) is 22.3 Å². The van der Waals surface area contributed by atoms with Gasteiger partial charge < -0.3 is 5.32 Å². The molecule has 0 amide bonds. The topological polar surface area (TPSA) is 37.8 Å². The molecule has 0 aliphatic rings. The zero-order chi connectivity index (χ0) is 16.2. The molecule has 0 bridgehead atoms. The van der Waals surface area contributed by atoms with Crippen molar-refractivity contribution in [3.05, 3.63) is 90.5 Å². The lowest BCUT2D eigenvalue weighted by atomic mass is 10.1. The highest BCUT2D eigenvalue weighted by Gasteiger charge is 2.08. The highest BCUT2D eigenvalue weighted by molar-refractivity contribution is 5.90. The maximum atomic E-state index is 4.76. The lowest BCUT2D eigenvalue weighted by Gasteiger charge is -2.11. The molecule has 0 aliphatic heterocycles. The van der Waals surface area contributed by atoms with Crippen molar-refractivity contribution >= 4 is 29.1 Å². The largest absolute Gasteiger partial charge is 0.365 e. The van der Waals surface area contributed by atoms with Crippen LogP contribution in [-0.4, -0.2) is 9.97 Å². The van der Waals surface area contributed by atoms with Crippen LogP contribution in [0.5, 0.6) is 0 Å². The number of hydrogen-bond donors (Lipinski definition) is 1. The molecule has 0 saturated heterocycles. The van der Waals surface area contributed by atoms with Gasteiger partial charge in [0, 0.05) is 17.5 Å². The second-order valence-electron chi connectivity index (χ2n) is 5.62. The quantitative estimate of drug-likeness (QED) is 0.542. The van der Waals surface area contributed by atoms with E-state index in [1.807, 2.05) is 66.7 Å². The highest BCUT2D eigenvalue weighted by atomic mass is 35.5. The van der Waals surface area contributed by atoms with Crippen LogP contribution >= 0.6 is 12.4 Å². The van der Waals surface area contributed by atoms with Gasteiger partial charge in [-0.15, -0.1) is 12.4 Å². The molecule has 3 nitrogen and oxygen atoms in total. The molecule has 0 radical (unpaired) electrons. The van der Waals surface area contributed by atoms with Crippen LogP contribution in [0.2, 0.25) is 0 Å². The Morgan fingerprint density at radius 3 is 2.08 bits per heavy atom. The van der Waals surface area contributed by atoms with Crippen molar-refractivity contribution in [3.63, 3.8) is 0 Å². The van der Waals surface area contributed by atoms with E-state index in [-0.39, 0.29) is 12.4 Å². The first-order chi connectivity index (χ1) is 11.9. The summed E-state index contributed by atoms with van der Waals surface area (Å²) in [6.45, 7) is 0.732. The standard InChI is InChI=1S/C21H17N3.ClH/c1-3-9-16(10-4-1)15-22-21-18-13-7-8-14-19(18)23-20(24-21)17-11-5-2-6-12-17;/h1-14H,15H2,(H,22,23,24);1H. The van der Waals surface area contributed by atoms with Gasteiger partial charge in [-0.1, -0.05) is 72.8 Å². The maximum Gasteiger partial charge on any atom is 0.162 e. The number of anilines is 1. The van der Waals surface area contributed by atoms with E-state index in [1.165, 1.54) is 5.56 Å². The first kappa shape index (κ1) is 16.9. The van der Waals surface area contributed by atoms with Crippen molar-refractivity contribution in [2.75, 3.05) is 5.32 Å². The van der Waals surface area contributed by atoms with Crippen molar-refractivity contribution in [2.24, 2.45) is 0 Å². The highest BCUT2D eigenvalue weighted by Crippen LogP contribution is 2.25. The van der Waals surface area contributed by atoms with Gasteiger partial charge in [0.25, 0.3) is 0 Å². The van der Waals surface area contributed by atoms with Gasteiger partial charge in [0.15, 0.2) is 5.82 Å². The molecule has 0 saturated carbocycles. The molecule has 1 N–H and O–H groups in total. The van der Waals surface area contributed by atoms with E-state index in [2.05, 4.69) is 23.5 Å². The van der Waals surface area contributed by atoms with Crippen molar-refractivity contribution in [2.45, 2.75) is 6.54 Å². The van der Waals surface area contributed by atoms with E-state index in [1.54, 1.807) is 0 Å². The Morgan fingerprint density at radius 1 is 0.680 bits per heavy atom. The second kappa shape index (κ2) is 7.77. The molecule has 1 aromatic heterocycles. The van der Waals surface area contributed by atoms with Crippen molar-refractivity contribution in [3.8, 4) is 11.4 Å². The minimum atomic E-state index is 0. The summed E-state index contributed by atoms with van der Waals surface area (Å²) < 4.78 is 0. The fourth-order valence-electron chi connectivity index (χ4n) is 2.71. The van der Waals surface area contributed by atoms with E-state index >= 15 is 0 Å². The van der Waals surface area contributed by atoms with Gasteiger partial charge in [-0.05, 0) is 17.7 Å². The number of nitrogens with one attached hydrogen (secondary N) is 1. The van der Waals surface area contributed by atoms with E-state index in [4.69, 9.17) is 9.97 Å². The summed E-state index contributed by atoms with van der Waals surface area (Å²) in [5.74, 6) is 1.60. The molecular formula is C21H18ClN3. The minimum absolute atomic E-state index is 0. The van der Waals surface area contributed by atoms with Gasteiger partial charge in [-0.2, -0.15) is 0 Å². The fourth-order valence-corrected chi connectivity index (χ4v) is 2.71. The summed E-state index contributed by atoms with van der Waals surface area (Å²) in [5.41, 5.74) is 3.19. The Morgan fingerprint density at radius 2 is 1.32 bits per heavy atom. The van der Waals surface area contributed by atoms with Gasteiger partial charge >= 0.3 is 0 Å². The lowest BCUT2D eigenvalue weighted by molar-refractivity contribution is 1.11. The molecule has 25 heavy (non-hydrogen) atoms. The van der Waals surface area contributed by atoms with Crippen molar-refractivity contribution < 1.29 is 0 Å². The zero-order valence-corrected chi connectivity index (χ0v) is 14.4. The lowest BCUT2D eigenvalue weighted by Crippen LogP contribution is -2.04. The molecule has 4 heteroatoms. The maximum absolute atomic E-state index is 4.76. The van der Waals surface area contributed by atoms with Crippen LogP contribution in [0.15, 0.2) is 84.9 Å². The molecule has 0 atom stereocenters. The molecule has 0 spiro atoms. The monoisotopic (exact) mass is 347 g/mol. The zero-order valence-electron chi connectivity index (χ0n) is 13.6. The molecule has 4 rings (SSSR count). The van der Waals surface area contributed by atoms with Gasteiger partial charge in [0.2, 0.25) is 0 Å².